The number of nitrogens with zero attached hydrogens (tertiary/aromatic N) is 6. The minimum atomic E-state index is -0.771. The van der Waals surface area contributed by atoms with Crippen LogP contribution < -0.4 is 4.74 Å². The monoisotopic (exact) mass is 494 g/mol. The maximum absolute atomic E-state index is 12.5. The molecule has 1 amide bonds. The summed E-state index contributed by atoms with van der Waals surface area (Å²) in [6.45, 7) is 2.13. The molecule has 1 saturated carbocycles. The molecule has 1 aliphatic carbocycles. The van der Waals surface area contributed by atoms with E-state index in [1.165, 1.54) is 4.90 Å². The molecule has 3 heterocycles. The molecule has 0 aromatic carbocycles. The van der Waals surface area contributed by atoms with E-state index in [0.717, 1.165) is 18.5 Å². The zero-order valence-electron chi connectivity index (χ0n) is 20.6. The molecule has 36 heavy (non-hydrogen) atoms. The van der Waals surface area contributed by atoms with Crippen molar-refractivity contribution in [2.45, 2.75) is 51.9 Å². The van der Waals surface area contributed by atoms with E-state index in [0.29, 0.717) is 47.9 Å². The van der Waals surface area contributed by atoms with Crippen LogP contribution in [0.15, 0.2) is 36.5 Å². The number of hydrogen-bond donors (Lipinski definition) is 1. The number of rotatable bonds is 8. The summed E-state index contributed by atoms with van der Waals surface area (Å²) >= 11 is 0. The molecule has 0 saturated heterocycles. The highest BCUT2D eigenvalue weighted by molar-refractivity contribution is 5.70. The van der Waals surface area contributed by atoms with Crippen molar-refractivity contribution in [1.29, 1.82) is 0 Å². The van der Waals surface area contributed by atoms with Gasteiger partial charge in [-0.3, -0.25) is 9.78 Å². The summed E-state index contributed by atoms with van der Waals surface area (Å²) < 4.78 is 13.2. The Balaban J connectivity index is 1.41. The van der Waals surface area contributed by atoms with Crippen molar-refractivity contribution in [2.75, 3.05) is 7.05 Å². The van der Waals surface area contributed by atoms with E-state index in [-0.39, 0.29) is 18.6 Å². The van der Waals surface area contributed by atoms with Gasteiger partial charge in [-0.25, -0.2) is 14.5 Å². The molecular formula is C25H30N6O5. The second-order valence-corrected chi connectivity index (χ2v) is 8.96. The zero-order chi connectivity index (χ0) is 25.7. The smallest absolute Gasteiger partial charge is 0.410 e. The SMILES string of the molecule is Cc1nc(-c2nnn(C)c2COC(=O)N(C)Cc2ccccn2)ccc1O[C@H]1CCC[C@H](C(=O)O)C1. The first-order valence-corrected chi connectivity index (χ1v) is 11.9. The number of aromatic nitrogens is 5. The first kappa shape index (κ1) is 25.1. The van der Waals surface area contributed by atoms with E-state index >= 15 is 0 Å². The van der Waals surface area contributed by atoms with Gasteiger partial charge in [-0.1, -0.05) is 11.3 Å². The Morgan fingerprint density at radius 2 is 2.06 bits per heavy atom. The summed E-state index contributed by atoms with van der Waals surface area (Å²) in [7, 11) is 3.37. The van der Waals surface area contributed by atoms with Gasteiger partial charge in [-0.05, 0) is 56.9 Å². The van der Waals surface area contributed by atoms with Crippen LogP contribution in [-0.4, -0.2) is 60.2 Å². The summed E-state index contributed by atoms with van der Waals surface area (Å²) in [5, 5.41) is 17.6. The Kier molecular flexibility index (Phi) is 7.77. The Hall–Kier alpha value is -4.02. The number of amides is 1. The van der Waals surface area contributed by atoms with E-state index < -0.39 is 12.1 Å². The summed E-state index contributed by atoms with van der Waals surface area (Å²) in [4.78, 5) is 34.2. The Morgan fingerprint density at radius 3 is 2.78 bits per heavy atom. The van der Waals surface area contributed by atoms with Crippen LogP contribution in [0.5, 0.6) is 5.75 Å². The second kappa shape index (κ2) is 11.1. The van der Waals surface area contributed by atoms with Gasteiger partial charge in [0.15, 0.2) is 0 Å². The quantitative estimate of drug-likeness (QED) is 0.500. The second-order valence-electron chi connectivity index (χ2n) is 8.96. The van der Waals surface area contributed by atoms with E-state index in [4.69, 9.17) is 9.47 Å². The molecule has 0 spiro atoms. The first-order chi connectivity index (χ1) is 17.3. The topological polar surface area (TPSA) is 133 Å². The van der Waals surface area contributed by atoms with Crippen LogP contribution in [0.2, 0.25) is 0 Å². The van der Waals surface area contributed by atoms with Gasteiger partial charge in [-0.2, -0.15) is 0 Å². The zero-order valence-corrected chi connectivity index (χ0v) is 20.6. The number of carboxylic acid groups (broad SMARTS) is 1. The molecule has 1 fully saturated rings. The molecule has 190 valence electrons. The first-order valence-electron chi connectivity index (χ1n) is 11.9. The summed E-state index contributed by atoms with van der Waals surface area (Å²) in [5.41, 5.74) is 3.11. The fourth-order valence-corrected chi connectivity index (χ4v) is 4.24. The molecule has 4 rings (SSSR count). The molecule has 0 radical (unpaired) electrons. The fourth-order valence-electron chi connectivity index (χ4n) is 4.24. The highest BCUT2D eigenvalue weighted by Gasteiger charge is 2.28. The van der Waals surface area contributed by atoms with Crippen LogP contribution in [0.1, 0.15) is 42.8 Å². The van der Waals surface area contributed by atoms with Crippen molar-refractivity contribution in [2.24, 2.45) is 13.0 Å². The van der Waals surface area contributed by atoms with Crippen LogP contribution in [0.4, 0.5) is 4.79 Å². The molecular weight excluding hydrogens is 464 g/mol. The Bertz CT molecular complexity index is 1210. The lowest BCUT2D eigenvalue weighted by Crippen LogP contribution is -2.29. The van der Waals surface area contributed by atoms with Gasteiger partial charge in [0.05, 0.1) is 35.6 Å². The van der Waals surface area contributed by atoms with Crippen LogP contribution in [0.25, 0.3) is 11.4 Å². The minimum absolute atomic E-state index is 0.0259. The standard InChI is InChI=1S/C25H30N6O5/c1-16-22(36-19-9-6-7-17(13-19)24(32)33)11-10-20(27-16)23-21(31(3)29-28-23)15-35-25(34)30(2)14-18-8-4-5-12-26-18/h4-5,8,10-12,17,19H,6-7,9,13-15H2,1-3H3,(H,32,33)/t17-,19-/m0/s1. The number of aryl methyl sites for hydroxylation is 2. The molecule has 1 aliphatic rings. The molecule has 0 bridgehead atoms. The average Bonchev–Trinajstić information content (AvgIpc) is 3.24. The average molecular weight is 495 g/mol. The maximum Gasteiger partial charge on any atom is 0.410 e. The minimum Gasteiger partial charge on any atom is -0.489 e. The largest absolute Gasteiger partial charge is 0.489 e. The molecule has 1 N–H and O–H groups in total. The van der Waals surface area contributed by atoms with Gasteiger partial charge in [0.1, 0.15) is 23.7 Å². The highest BCUT2D eigenvalue weighted by Crippen LogP contribution is 2.30. The molecule has 0 unspecified atom stereocenters. The van der Waals surface area contributed by atoms with Gasteiger partial charge in [0.25, 0.3) is 0 Å². The Morgan fingerprint density at radius 1 is 1.22 bits per heavy atom. The van der Waals surface area contributed by atoms with Gasteiger partial charge in [0, 0.05) is 20.3 Å². The number of carboxylic acids is 1. The lowest BCUT2D eigenvalue weighted by Gasteiger charge is -2.27. The lowest BCUT2D eigenvalue weighted by atomic mass is 9.87. The number of aliphatic carboxylic acids is 1. The predicted molar refractivity (Wildman–Crippen MR) is 129 cm³/mol. The van der Waals surface area contributed by atoms with Crippen molar-refractivity contribution >= 4 is 12.1 Å². The van der Waals surface area contributed by atoms with Gasteiger partial charge < -0.3 is 19.5 Å². The van der Waals surface area contributed by atoms with Crippen LogP contribution in [0, 0.1) is 12.8 Å². The van der Waals surface area contributed by atoms with Crippen molar-refractivity contribution in [3.8, 4) is 17.1 Å². The Labute approximate surface area is 209 Å². The van der Waals surface area contributed by atoms with Crippen molar-refractivity contribution < 1.29 is 24.2 Å². The van der Waals surface area contributed by atoms with Crippen LogP contribution in [-0.2, 0) is 29.7 Å². The van der Waals surface area contributed by atoms with E-state index in [9.17, 15) is 14.7 Å². The number of carbonyl (C=O) groups is 2. The van der Waals surface area contributed by atoms with Crippen molar-refractivity contribution in [1.82, 2.24) is 29.9 Å². The fraction of sp³-hybridized carbons (Fsp3) is 0.440. The highest BCUT2D eigenvalue weighted by atomic mass is 16.6. The van der Waals surface area contributed by atoms with Crippen molar-refractivity contribution in [3.63, 3.8) is 0 Å². The maximum atomic E-state index is 12.5. The van der Waals surface area contributed by atoms with Gasteiger partial charge in [0.2, 0.25) is 0 Å². The molecule has 3 aromatic rings. The van der Waals surface area contributed by atoms with Gasteiger partial charge >= 0.3 is 12.1 Å². The van der Waals surface area contributed by atoms with E-state index in [1.54, 1.807) is 31.0 Å². The van der Waals surface area contributed by atoms with E-state index in [1.807, 2.05) is 31.2 Å². The predicted octanol–water partition coefficient (Wildman–Crippen LogP) is 3.37. The molecule has 0 aliphatic heterocycles. The third-order valence-electron chi connectivity index (χ3n) is 6.26. The lowest BCUT2D eigenvalue weighted by molar-refractivity contribution is -0.143. The summed E-state index contributed by atoms with van der Waals surface area (Å²) in [6, 6.07) is 9.11. The molecule has 11 nitrogen and oxygen atoms in total. The molecule has 11 heteroatoms. The molecule has 2 atom stereocenters. The van der Waals surface area contributed by atoms with E-state index in [2.05, 4.69) is 20.3 Å². The van der Waals surface area contributed by atoms with Crippen LogP contribution >= 0.6 is 0 Å². The summed E-state index contributed by atoms with van der Waals surface area (Å²) in [5.74, 6) is -0.528. The normalized spacial score (nSPS) is 17.4. The van der Waals surface area contributed by atoms with Crippen molar-refractivity contribution in [3.05, 3.63) is 53.6 Å². The summed E-state index contributed by atoms with van der Waals surface area (Å²) in [6.07, 6.45) is 3.85. The number of carbonyl (C=O) groups excluding carboxylic acids is 1. The number of hydrogen-bond acceptors (Lipinski definition) is 8. The number of pyridine rings is 2. The van der Waals surface area contributed by atoms with Gasteiger partial charge in [-0.15, -0.1) is 5.10 Å². The number of ether oxygens (including phenoxy) is 2. The third-order valence-corrected chi connectivity index (χ3v) is 6.26. The third kappa shape index (κ3) is 5.96. The molecule has 3 aromatic heterocycles. The van der Waals surface area contributed by atoms with Crippen LogP contribution in [0.3, 0.4) is 0 Å².